The van der Waals surface area contributed by atoms with E-state index < -0.39 is 21.0 Å². The summed E-state index contributed by atoms with van der Waals surface area (Å²) in [4.78, 5) is 26.2. The molecule has 0 unspecified atom stereocenters. The van der Waals surface area contributed by atoms with Crippen LogP contribution in [0.2, 0.25) is 0 Å². The number of carbonyl (C=O) groups excluding carboxylic acids is 1. The third-order valence-electron chi connectivity index (χ3n) is 7.42. The zero-order chi connectivity index (χ0) is 27.5. The Hall–Kier alpha value is -3.31. The van der Waals surface area contributed by atoms with Gasteiger partial charge in [0, 0.05) is 29.8 Å². The second kappa shape index (κ2) is 9.16. The number of nitrogens with zero attached hydrogens (tertiary/aromatic N) is 3. The Morgan fingerprint density at radius 1 is 1.18 bits per heavy atom. The number of hydrogen-bond acceptors (Lipinski definition) is 10. The van der Waals surface area contributed by atoms with Crippen molar-refractivity contribution in [2.45, 2.75) is 58.1 Å². The lowest BCUT2D eigenvalue weighted by Gasteiger charge is -2.36. The number of esters is 1. The van der Waals surface area contributed by atoms with Crippen LogP contribution in [-0.2, 0) is 20.1 Å². The van der Waals surface area contributed by atoms with Gasteiger partial charge in [0.1, 0.15) is 17.2 Å². The van der Waals surface area contributed by atoms with Gasteiger partial charge in [-0.1, -0.05) is 6.92 Å². The highest BCUT2D eigenvalue weighted by Gasteiger charge is 2.40. The fourth-order valence-electron chi connectivity index (χ4n) is 4.90. The highest BCUT2D eigenvalue weighted by Crippen LogP contribution is 2.38. The summed E-state index contributed by atoms with van der Waals surface area (Å²) in [5.41, 5.74) is 7.06. The normalized spacial score (nSPS) is 22.1. The molecule has 2 atom stereocenters. The minimum absolute atomic E-state index is 0.0592. The first kappa shape index (κ1) is 26.3. The molecule has 0 radical (unpaired) electrons. The Morgan fingerprint density at radius 2 is 1.95 bits per heavy atom. The first-order valence-corrected chi connectivity index (χ1v) is 14.5. The lowest BCUT2D eigenvalue weighted by atomic mass is 9.84. The lowest BCUT2D eigenvalue weighted by molar-refractivity contribution is -0.0189. The van der Waals surface area contributed by atoms with Gasteiger partial charge >= 0.3 is 5.97 Å². The zero-order valence-electron chi connectivity index (χ0n) is 22.2. The molecule has 38 heavy (non-hydrogen) atoms. The summed E-state index contributed by atoms with van der Waals surface area (Å²) in [6.07, 6.45) is 3.95. The molecule has 0 amide bonds. The number of hydrogen-bond donors (Lipinski definition) is 2. The number of aromatic nitrogens is 3. The van der Waals surface area contributed by atoms with E-state index in [2.05, 4.69) is 15.3 Å². The molecule has 3 N–H and O–H groups in total. The lowest BCUT2D eigenvalue weighted by Crippen LogP contribution is -2.39. The molecule has 1 fully saturated rings. The monoisotopic (exact) mass is 539 g/mol. The van der Waals surface area contributed by atoms with Crippen LogP contribution in [0.4, 0.5) is 11.6 Å². The van der Waals surface area contributed by atoms with Crippen LogP contribution in [0, 0.1) is 5.92 Å². The van der Waals surface area contributed by atoms with Gasteiger partial charge in [0.05, 0.1) is 34.8 Å². The summed E-state index contributed by atoms with van der Waals surface area (Å²) in [5.74, 6) is 1.28. The topological polar surface area (TPSA) is 146 Å². The van der Waals surface area contributed by atoms with Gasteiger partial charge in [-0.05, 0) is 63.3 Å². The second-order valence-electron chi connectivity index (χ2n) is 11.4. The van der Waals surface area contributed by atoms with Crippen LogP contribution in [0.3, 0.4) is 0 Å². The molecule has 2 aliphatic heterocycles. The minimum Gasteiger partial charge on any atom is -0.477 e. The van der Waals surface area contributed by atoms with E-state index >= 15 is 0 Å². The van der Waals surface area contributed by atoms with Crippen LogP contribution in [0.1, 0.15) is 68.6 Å². The Bertz CT molecular complexity index is 1530. The molecular formula is C27H33N5O5S. The van der Waals surface area contributed by atoms with Crippen LogP contribution < -0.4 is 15.8 Å². The molecule has 3 aromatic heterocycles. The summed E-state index contributed by atoms with van der Waals surface area (Å²) in [6.45, 7) is 9.80. The van der Waals surface area contributed by atoms with Gasteiger partial charge in [0.2, 0.25) is 5.88 Å². The SMILES string of the molecule is C[C@@H]1c2nc(Nc3cc4c(C(C)(C)N)cnc(OC[C@@H]5CCS(=O)(=O)C5)c4cn3)ccc2C(=O)OC1(C)C. The number of pyridine rings is 3. The van der Waals surface area contributed by atoms with E-state index in [9.17, 15) is 13.2 Å². The maximum absolute atomic E-state index is 12.4. The summed E-state index contributed by atoms with van der Waals surface area (Å²) < 4.78 is 35.2. The van der Waals surface area contributed by atoms with Crippen molar-refractivity contribution in [3.05, 3.63) is 47.4 Å². The van der Waals surface area contributed by atoms with Gasteiger partial charge in [0.15, 0.2) is 9.84 Å². The van der Waals surface area contributed by atoms with Crippen LogP contribution in [0.25, 0.3) is 10.8 Å². The van der Waals surface area contributed by atoms with E-state index in [0.717, 1.165) is 10.9 Å². The van der Waals surface area contributed by atoms with Gasteiger partial charge < -0.3 is 20.5 Å². The number of fused-ring (bicyclic) bond motifs is 2. The van der Waals surface area contributed by atoms with Crippen molar-refractivity contribution in [1.82, 2.24) is 15.0 Å². The quantitative estimate of drug-likeness (QED) is 0.443. The van der Waals surface area contributed by atoms with Gasteiger partial charge in [-0.2, -0.15) is 0 Å². The van der Waals surface area contributed by atoms with Gasteiger partial charge in [-0.15, -0.1) is 0 Å². The Labute approximate surface area is 222 Å². The van der Waals surface area contributed by atoms with Crippen molar-refractivity contribution < 1.29 is 22.7 Å². The van der Waals surface area contributed by atoms with E-state index in [4.69, 9.17) is 20.2 Å². The molecule has 202 valence electrons. The van der Waals surface area contributed by atoms with Crippen LogP contribution in [-0.4, -0.2) is 53.1 Å². The van der Waals surface area contributed by atoms with E-state index in [1.54, 1.807) is 24.5 Å². The number of ether oxygens (including phenoxy) is 2. The molecule has 11 heteroatoms. The third-order valence-corrected chi connectivity index (χ3v) is 9.26. The molecule has 3 aromatic rings. The van der Waals surface area contributed by atoms with E-state index in [1.807, 2.05) is 40.7 Å². The molecule has 10 nitrogen and oxygen atoms in total. The van der Waals surface area contributed by atoms with Gasteiger partial charge in [-0.25, -0.2) is 28.2 Å². The predicted molar refractivity (Wildman–Crippen MR) is 144 cm³/mol. The summed E-state index contributed by atoms with van der Waals surface area (Å²) >= 11 is 0. The average Bonchev–Trinajstić information content (AvgIpc) is 3.18. The Balaban J connectivity index is 1.47. The maximum atomic E-state index is 12.4. The fraction of sp³-hybridized carbons (Fsp3) is 0.481. The zero-order valence-corrected chi connectivity index (χ0v) is 23.1. The predicted octanol–water partition coefficient (Wildman–Crippen LogP) is 3.83. The molecule has 2 aliphatic rings. The number of nitrogens with two attached hydrogens (primary N) is 1. The molecule has 0 aliphatic carbocycles. The summed E-state index contributed by atoms with van der Waals surface area (Å²) in [7, 11) is -2.99. The molecular weight excluding hydrogens is 506 g/mol. The Morgan fingerprint density at radius 3 is 2.63 bits per heavy atom. The van der Waals surface area contributed by atoms with Gasteiger partial charge in [0.25, 0.3) is 0 Å². The number of nitrogens with one attached hydrogen (secondary N) is 1. The largest absolute Gasteiger partial charge is 0.477 e. The standard InChI is InChI=1S/C27H33N5O5S/c1-15-23-17(25(33)37-27(15,4)5)6-7-21(32-23)31-22-10-18-19(11-29-22)24(30-12-20(18)26(2,3)28)36-13-16-8-9-38(34,35)14-16/h6-7,10-12,15-16H,8-9,13-14,28H2,1-5H3,(H,29,31,32)/t15-,16+/m1/s1. The molecule has 1 saturated heterocycles. The van der Waals surface area contributed by atoms with E-state index in [0.29, 0.717) is 40.6 Å². The highest BCUT2D eigenvalue weighted by atomic mass is 32.2. The van der Waals surface area contributed by atoms with Crippen molar-refractivity contribution in [3.63, 3.8) is 0 Å². The minimum atomic E-state index is -2.99. The number of carbonyl (C=O) groups is 1. The number of sulfone groups is 1. The Kier molecular flexibility index (Phi) is 6.34. The first-order valence-electron chi connectivity index (χ1n) is 12.7. The van der Waals surface area contributed by atoms with Crippen molar-refractivity contribution in [2.75, 3.05) is 23.4 Å². The molecule has 0 spiro atoms. The van der Waals surface area contributed by atoms with Crippen LogP contribution in [0.5, 0.6) is 5.88 Å². The van der Waals surface area contributed by atoms with Crippen molar-refractivity contribution in [3.8, 4) is 5.88 Å². The summed E-state index contributed by atoms with van der Waals surface area (Å²) in [5, 5.41) is 4.75. The fourth-order valence-corrected chi connectivity index (χ4v) is 6.74. The average molecular weight is 540 g/mol. The molecule has 0 saturated carbocycles. The molecule has 5 heterocycles. The van der Waals surface area contributed by atoms with E-state index in [1.165, 1.54) is 0 Å². The van der Waals surface area contributed by atoms with Crippen LogP contribution in [0.15, 0.2) is 30.6 Å². The molecule has 0 aromatic carbocycles. The maximum Gasteiger partial charge on any atom is 0.340 e. The number of anilines is 2. The second-order valence-corrected chi connectivity index (χ2v) is 13.6. The molecule has 5 rings (SSSR count). The van der Waals surface area contributed by atoms with Crippen molar-refractivity contribution in [2.24, 2.45) is 11.7 Å². The van der Waals surface area contributed by atoms with Crippen molar-refractivity contribution >= 4 is 38.2 Å². The smallest absolute Gasteiger partial charge is 0.340 e. The summed E-state index contributed by atoms with van der Waals surface area (Å²) in [6, 6.07) is 5.31. The van der Waals surface area contributed by atoms with Crippen LogP contribution >= 0.6 is 0 Å². The van der Waals surface area contributed by atoms with E-state index in [-0.39, 0.29) is 35.9 Å². The first-order chi connectivity index (χ1) is 17.7. The number of cyclic esters (lactones) is 1. The van der Waals surface area contributed by atoms with Gasteiger partial charge in [-0.3, -0.25) is 0 Å². The highest BCUT2D eigenvalue weighted by molar-refractivity contribution is 7.91. The number of rotatable bonds is 6. The third kappa shape index (κ3) is 5.04. The van der Waals surface area contributed by atoms with Crippen molar-refractivity contribution in [1.29, 1.82) is 0 Å². The molecule has 0 bridgehead atoms.